The molecule has 0 amide bonds. The molecule has 0 aromatic rings. The summed E-state index contributed by atoms with van der Waals surface area (Å²) >= 11 is 0. The molecular weight excluding hydrogens is 172 g/mol. The summed E-state index contributed by atoms with van der Waals surface area (Å²) in [4.78, 5) is 0. The lowest BCUT2D eigenvalue weighted by Crippen LogP contribution is -2.21. The van der Waals surface area contributed by atoms with Crippen molar-refractivity contribution in [2.45, 2.75) is 25.0 Å². The molecule has 0 heterocycles. The largest absolute Gasteiger partial charge is 0.316 e. The second kappa shape index (κ2) is 7.26. The zero-order chi connectivity index (χ0) is 9.40. The Balaban J connectivity index is 3.21. The maximum atomic E-state index is 10.9. The Labute approximate surface area is 76.6 Å². The summed E-state index contributed by atoms with van der Waals surface area (Å²) in [5.41, 5.74) is 0. The zero-order valence-electron chi connectivity index (χ0n) is 7.67. The Bertz CT molecular complexity index is 176. The minimum atomic E-state index is -0.723. The van der Waals surface area contributed by atoms with Crippen LogP contribution in [-0.2, 0) is 10.8 Å². The summed E-state index contributed by atoms with van der Waals surface area (Å²) in [5, 5.41) is 11.6. The van der Waals surface area contributed by atoms with Crippen LogP contribution in [0.5, 0.6) is 0 Å². The number of nitrogens with zero attached hydrogens (tertiary/aromatic N) is 1. The molecule has 0 aliphatic carbocycles. The van der Waals surface area contributed by atoms with Crippen LogP contribution in [-0.4, -0.2) is 28.8 Å². The van der Waals surface area contributed by atoms with Crippen molar-refractivity contribution in [3.8, 4) is 6.07 Å². The van der Waals surface area contributed by atoms with Gasteiger partial charge in [-0.15, -0.1) is 0 Å². The third-order valence-electron chi connectivity index (χ3n) is 1.71. The molecule has 0 rings (SSSR count). The molecule has 0 bridgehead atoms. The zero-order valence-corrected chi connectivity index (χ0v) is 8.49. The van der Waals surface area contributed by atoms with E-state index < -0.39 is 10.8 Å². The first kappa shape index (κ1) is 11.6. The van der Waals surface area contributed by atoms with Crippen molar-refractivity contribution >= 4 is 10.8 Å². The first-order valence-electron chi connectivity index (χ1n) is 4.08. The van der Waals surface area contributed by atoms with E-state index in [9.17, 15) is 4.21 Å². The predicted octanol–water partition coefficient (Wildman–Crippen LogP) is 0.647. The first-order valence-corrected chi connectivity index (χ1v) is 5.70. The topological polar surface area (TPSA) is 52.9 Å². The SMILES string of the molecule is CC(CCNCCC#N)S(C)=O. The minimum Gasteiger partial charge on any atom is -0.316 e. The van der Waals surface area contributed by atoms with E-state index in [1.165, 1.54) is 0 Å². The fraction of sp³-hybridized carbons (Fsp3) is 0.875. The van der Waals surface area contributed by atoms with Crippen LogP contribution in [0.3, 0.4) is 0 Å². The smallest absolute Gasteiger partial charge is 0.0635 e. The van der Waals surface area contributed by atoms with E-state index in [0.717, 1.165) is 19.5 Å². The van der Waals surface area contributed by atoms with Crippen molar-refractivity contribution in [3.05, 3.63) is 0 Å². The molecule has 12 heavy (non-hydrogen) atoms. The van der Waals surface area contributed by atoms with Crippen LogP contribution in [0, 0.1) is 11.3 Å². The van der Waals surface area contributed by atoms with E-state index in [1.807, 2.05) is 6.92 Å². The molecule has 0 fully saturated rings. The Kier molecular flexibility index (Phi) is 7.02. The Morgan fingerprint density at radius 2 is 2.25 bits per heavy atom. The summed E-state index contributed by atoms with van der Waals surface area (Å²) in [6.07, 6.45) is 3.18. The van der Waals surface area contributed by atoms with E-state index >= 15 is 0 Å². The van der Waals surface area contributed by atoms with Gasteiger partial charge in [0.05, 0.1) is 6.07 Å². The molecule has 0 aliphatic rings. The molecule has 0 aromatic heterocycles. The highest BCUT2D eigenvalue weighted by Crippen LogP contribution is 1.96. The Hall–Kier alpha value is -0.400. The van der Waals surface area contributed by atoms with Crippen molar-refractivity contribution in [2.75, 3.05) is 19.3 Å². The first-order chi connectivity index (χ1) is 5.68. The molecule has 4 heteroatoms. The van der Waals surface area contributed by atoms with Crippen LogP contribution in [0.2, 0.25) is 0 Å². The van der Waals surface area contributed by atoms with Crippen molar-refractivity contribution < 1.29 is 4.21 Å². The summed E-state index contributed by atoms with van der Waals surface area (Å²) in [6, 6.07) is 2.06. The van der Waals surface area contributed by atoms with Gasteiger partial charge >= 0.3 is 0 Å². The molecule has 0 aromatic carbocycles. The summed E-state index contributed by atoms with van der Waals surface area (Å²) < 4.78 is 10.9. The standard InChI is InChI=1S/C8H16N2OS/c1-8(12(2)11)4-7-10-6-3-5-9/h8,10H,3-4,6-7H2,1-2H3. The normalized spacial score (nSPS) is 15.1. The summed E-state index contributed by atoms with van der Waals surface area (Å²) in [5.74, 6) is 0. The Morgan fingerprint density at radius 3 is 2.75 bits per heavy atom. The van der Waals surface area contributed by atoms with Crippen LogP contribution >= 0.6 is 0 Å². The molecular formula is C8H16N2OS. The highest BCUT2D eigenvalue weighted by atomic mass is 32.2. The van der Waals surface area contributed by atoms with Crippen molar-refractivity contribution in [3.63, 3.8) is 0 Å². The van der Waals surface area contributed by atoms with Crippen LogP contribution in [0.1, 0.15) is 19.8 Å². The molecule has 2 atom stereocenters. The monoisotopic (exact) mass is 188 g/mol. The fourth-order valence-electron chi connectivity index (χ4n) is 0.741. The minimum absolute atomic E-state index is 0.250. The summed E-state index contributed by atoms with van der Waals surface area (Å²) in [6.45, 7) is 3.56. The predicted molar refractivity (Wildman–Crippen MR) is 51.2 cm³/mol. The lowest BCUT2D eigenvalue weighted by molar-refractivity contribution is 0.633. The van der Waals surface area contributed by atoms with Gasteiger partial charge in [-0.3, -0.25) is 4.21 Å². The van der Waals surface area contributed by atoms with E-state index in [2.05, 4.69) is 11.4 Å². The number of nitriles is 1. The molecule has 0 saturated carbocycles. The third kappa shape index (κ3) is 6.32. The second-order valence-corrected chi connectivity index (χ2v) is 4.56. The lowest BCUT2D eigenvalue weighted by atomic mass is 10.3. The molecule has 2 unspecified atom stereocenters. The van der Waals surface area contributed by atoms with Gasteiger partial charge in [-0.25, -0.2) is 0 Å². The molecule has 3 nitrogen and oxygen atoms in total. The van der Waals surface area contributed by atoms with Crippen LogP contribution in [0.25, 0.3) is 0 Å². The van der Waals surface area contributed by atoms with Gasteiger partial charge in [-0.05, 0) is 13.0 Å². The summed E-state index contributed by atoms with van der Waals surface area (Å²) in [7, 11) is -0.723. The van der Waals surface area contributed by atoms with Gasteiger partial charge in [0.25, 0.3) is 0 Å². The Morgan fingerprint density at radius 1 is 1.58 bits per heavy atom. The highest BCUT2D eigenvalue weighted by Gasteiger charge is 2.03. The van der Waals surface area contributed by atoms with Gasteiger partial charge in [0.1, 0.15) is 0 Å². The molecule has 0 saturated heterocycles. The second-order valence-electron chi connectivity index (χ2n) is 2.76. The molecule has 70 valence electrons. The van der Waals surface area contributed by atoms with Gasteiger partial charge in [0, 0.05) is 35.3 Å². The van der Waals surface area contributed by atoms with Gasteiger partial charge < -0.3 is 5.32 Å². The average molecular weight is 188 g/mol. The lowest BCUT2D eigenvalue weighted by Gasteiger charge is -2.07. The van der Waals surface area contributed by atoms with E-state index in [4.69, 9.17) is 5.26 Å². The van der Waals surface area contributed by atoms with Gasteiger partial charge in [0.2, 0.25) is 0 Å². The number of nitrogens with one attached hydrogen (secondary N) is 1. The van der Waals surface area contributed by atoms with Gasteiger partial charge in [0.15, 0.2) is 0 Å². The van der Waals surface area contributed by atoms with Crippen molar-refractivity contribution in [1.29, 1.82) is 5.26 Å². The van der Waals surface area contributed by atoms with E-state index in [-0.39, 0.29) is 5.25 Å². The number of hydrogen-bond acceptors (Lipinski definition) is 3. The molecule has 1 N–H and O–H groups in total. The quantitative estimate of drug-likeness (QED) is 0.623. The van der Waals surface area contributed by atoms with Gasteiger partial charge in [-0.2, -0.15) is 5.26 Å². The maximum absolute atomic E-state index is 10.9. The maximum Gasteiger partial charge on any atom is 0.0635 e. The van der Waals surface area contributed by atoms with Crippen molar-refractivity contribution in [1.82, 2.24) is 5.32 Å². The number of rotatable bonds is 6. The van der Waals surface area contributed by atoms with Crippen LogP contribution < -0.4 is 5.32 Å². The number of hydrogen-bond donors (Lipinski definition) is 1. The molecule has 0 aliphatic heterocycles. The van der Waals surface area contributed by atoms with Gasteiger partial charge in [-0.1, -0.05) is 6.92 Å². The third-order valence-corrected chi connectivity index (χ3v) is 3.08. The van der Waals surface area contributed by atoms with Crippen LogP contribution in [0.4, 0.5) is 0 Å². The van der Waals surface area contributed by atoms with Crippen LogP contribution in [0.15, 0.2) is 0 Å². The molecule has 0 radical (unpaired) electrons. The molecule has 0 spiro atoms. The average Bonchev–Trinajstić information content (AvgIpc) is 2.03. The highest BCUT2D eigenvalue weighted by molar-refractivity contribution is 7.84. The van der Waals surface area contributed by atoms with E-state index in [1.54, 1.807) is 6.26 Å². The fourth-order valence-corrected chi connectivity index (χ4v) is 1.19. The van der Waals surface area contributed by atoms with Crippen molar-refractivity contribution in [2.24, 2.45) is 0 Å². The van der Waals surface area contributed by atoms with E-state index in [0.29, 0.717) is 6.42 Å².